The van der Waals surface area contributed by atoms with Crippen molar-refractivity contribution >= 4 is 16.7 Å². The molecular formula is C19H22N2O. The van der Waals surface area contributed by atoms with Crippen molar-refractivity contribution in [1.29, 1.82) is 0 Å². The summed E-state index contributed by atoms with van der Waals surface area (Å²) in [5.74, 6) is 1.41. The van der Waals surface area contributed by atoms with Crippen LogP contribution in [0.15, 0.2) is 42.5 Å². The molecule has 2 N–H and O–H groups in total. The van der Waals surface area contributed by atoms with Crippen LogP contribution in [-0.4, -0.2) is 29.9 Å². The number of benzene rings is 2. The number of carbonyl (C=O) groups is 1. The number of nitrogens with two attached hydrogens (primary N) is 1. The average Bonchev–Trinajstić information content (AvgIpc) is 3.10. The van der Waals surface area contributed by atoms with Gasteiger partial charge in [0.15, 0.2) is 0 Å². The third kappa shape index (κ3) is 2.40. The van der Waals surface area contributed by atoms with Crippen LogP contribution in [0.5, 0.6) is 0 Å². The van der Waals surface area contributed by atoms with Crippen LogP contribution in [-0.2, 0) is 11.2 Å². The van der Waals surface area contributed by atoms with Gasteiger partial charge >= 0.3 is 0 Å². The molecular weight excluding hydrogens is 272 g/mol. The maximum Gasteiger partial charge on any atom is 0.227 e. The van der Waals surface area contributed by atoms with Crippen molar-refractivity contribution in [1.82, 2.24) is 4.90 Å². The van der Waals surface area contributed by atoms with Gasteiger partial charge in [0.05, 0.1) is 6.42 Å². The lowest BCUT2D eigenvalue weighted by molar-refractivity contribution is -0.129. The lowest BCUT2D eigenvalue weighted by Crippen LogP contribution is -2.34. The van der Waals surface area contributed by atoms with Crippen LogP contribution in [0.3, 0.4) is 0 Å². The zero-order chi connectivity index (χ0) is 15.1. The highest BCUT2D eigenvalue weighted by atomic mass is 16.2. The second-order valence-electron chi connectivity index (χ2n) is 6.82. The molecule has 0 aromatic heterocycles. The van der Waals surface area contributed by atoms with Crippen LogP contribution in [0.4, 0.5) is 0 Å². The molecule has 3 unspecified atom stereocenters. The number of hydrogen-bond acceptors (Lipinski definition) is 2. The number of carbonyl (C=O) groups excluding carboxylic acids is 1. The maximum atomic E-state index is 12.6. The van der Waals surface area contributed by atoms with E-state index in [0.717, 1.165) is 25.1 Å². The number of amides is 1. The molecule has 3 nitrogen and oxygen atoms in total. The fraction of sp³-hybridized carbons (Fsp3) is 0.421. The summed E-state index contributed by atoms with van der Waals surface area (Å²) < 4.78 is 0. The third-order valence-corrected chi connectivity index (χ3v) is 5.43. The Morgan fingerprint density at radius 3 is 2.73 bits per heavy atom. The van der Waals surface area contributed by atoms with E-state index in [1.807, 2.05) is 17.0 Å². The molecule has 2 aromatic carbocycles. The van der Waals surface area contributed by atoms with E-state index >= 15 is 0 Å². The normalized spacial score (nSPS) is 27.3. The van der Waals surface area contributed by atoms with E-state index in [9.17, 15) is 4.79 Å². The summed E-state index contributed by atoms with van der Waals surface area (Å²) in [4.78, 5) is 14.6. The third-order valence-electron chi connectivity index (χ3n) is 5.43. The van der Waals surface area contributed by atoms with E-state index in [4.69, 9.17) is 5.73 Å². The van der Waals surface area contributed by atoms with Crippen LogP contribution >= 0.6 is 0 Å². The molecule has 1 aliphatic heterocycles. The molecule has 1 aliphatic carbocycles. The Morgan fingerprint density at radius 2 is 1.91 bits per heavy atom. The lowest BCUT2D eigenvalue weighted by Gasteiger charge is -2.19. The largest absolute Gasteiger partial charge is 0.342 e. The Hall–Kier alpha value is -1.87. The molecule has 1 saturated heterocycles. The highest BCUT2D eigenvalue weighted by Crippen LogP contribution is 2.37. The van der Waals surface area contributed by atoms with E-state index in [2.05, 4.69) is 30.3 Å². The minimum absolute atomic E-state index is 0.247. The fourth-order valence-electron chi connectivity index (χ4n) is 4.15. The molecule has 1 amide bonds. The van der Waals surface area contributed by atoms with E-state index in [0.29, 0.717) is 24.3 Å². The van der Waals surface area contributed by atoms with Gasteiger partial charge < -0.3 is 10.6 Å². The highest BCUT2D eigenvalue weighted by molar-refractivity contribution is 5.85. The first-order valence-corrected chi connectivity index (χ1v) is 8.22. The Kier molecular flexibility index (Phi) is 3.38. The smallest absolute Gasteiger partial charge is 0.227 e. The first kappa shape index (κ1) is 13.8. The van der Waals surface area contributed by atoms with Gasteiger partial charge in [0, 0.05) is 19.1 Å². The van der Waals surface area contributed by atoms with Crippen molar-refractivity contribution in [2.45, 2.75) is 25.3 Å². The Labute approximate surface area is 131 Å². The molecule has 114 valence electrons. The van der Waals surface area contributed by atoms with Gasteiger partial charge in [0.1, 0.15) is 0 Å². The summed E-state index contributed by atoms with van der Waals surface area (Å²) in [6, 6.07) is 14.9. The summed E-state index contributed by atoms with van der Waals surface area (Å²) in [7, 11) is 0. The zero-order valence-electron chi connectivity index (χ0n) is 12.7. The second-order valence-corrected chi connectivity index (χ2v) is 6.82. The molecule has 2 fully saturated rings. The quantitative estimate of drug-likeness (QED) is 0.925. The molecule has 22 heavy (non-hydrogen) atoms. The molecule has 3 heteroatoms. The molecule has 1 heterocycles. The van der Waals surface area contributed by atoms with Crippen LogP contribution in [0.2, 0.25) is 0 Å². The summed E-state index contributed by atoms with van der Waals surface area (Å²) >= 11 is 0. The predicted molar refractivity (Wildman–Crippen MR) is 88.4 cm³/mol. The topological polar surface area (TPSA) is 46.3 Å². The van der Waals surface area contributed by atoms with Crippen molar-refractivity contribution in [3.05, 3.63) is 48.0 Å². The number of fused-ring (bicyclic) bond motifs is 2. The number of likely N-dealkylation sites (tertiary alicyclic amines) is 1. The van der Waals surface area contributed by atoms with Gasteiger partial charge in [-0.1, -0.05) is 42.5 Å². The van der Waals surface area contributed by atoms with Gasteiger partial charge in [-0.15, -0.1) is 0 Å². The molecule has 2 aliphatic rings. The maximum absolute atomic E-state index is 12.6. The van der Waals surface area contributed by atoms with Crippen LogP contribution in [0.1, 0.15) is 18.4 Å². The second kappa shape index (κ2) is 5.40. The minimum atomic E-state index is 0.247. The number of nitrogens with zero attached hydrogens (tertiary/aromatic N) is 1. The Balaban J connectivity index is 1.47. The lowest BCUT2D eigenvalue weighted by atomic mass is 9.98. The summed E-state index contributed by atoms with van der Waals surface area (Å²) in [6.45, 7) is 1.77. The van der Waals surface area contributed by atoms with Gasteiger partial charge in [-0.3, -0.25) is 4.79 Å². The monoisotopic (exact) mass is 294 g/mol. The van der Waals surface area contributed by atoms with E-state index in [-0.39, 0.29) is 5.91 Å². The van der Waals surface area contributed by atoms with Crippen molar-refractivity contribution in [2.75, 3.05) is 13.1 Å². The highest BCUT2D eigenvalue weighted by Gasteiger charge is 2.42. The zero-order valence-corrected chi connectivity index (χ0v) is 12.7. The van der Waals surface area contributed by atoms with Gasteiger partial charge in [-0.2, -0.15) is 0 Å². The van der Waals surface area contributed by atoms with Crippen LogP contribution in [0, 0.1) is 11.8 Å². The van der Waals surface area contributed by atoms with Gasteiger partial charge in [0.25, 0.3) is 0 Å². The minimum Gasteiger partial charge on any atom is -0.342 e. The van der Waals surface area contributed by atoms with E-state index in [1.54, 1.807) is 0 Å². The standard InChI is InChI=1S/C19H22N2O/c20-18-8-7-16-11-21(12-17(16)18)19(22)10-13-5-6-14-3-1-2-4-15(14)9-13/h1-6,9,16-18H,7-8,10-12,20H2. The molecule has 0 spiro atoms. The molecule has 1 saturated carbocycles. The summed E-state index contributed by atoms with van der Waals surface area (Å²) in [5.41, 5.74) is 7.26. The van der Waals surface area contributed by atoms with Gasteiger partial charge in [-0.25, -0.2) is 0 Å². The SMILES string of the molecule is NC1CCC2CN(C(=O)Cc3ccc4ccccc4c3)CC12. The molecule has 2 aromatic rings. The average molecular weight is 294 g/mol. The molecule has 3 atom stereocenters. The summed E-state index contributed by atoms with van der Waals surface area (Å²) in [5, 5.41) is 2.42. The van der Waals surface area contributed by atoms with E-state index < -0.39 is 0 Å². The number of rotatable bonds is 2. The Bertz CT molecular complexity index is 711. The van der Waals surface area contributed by atoms with Crippen molar-refractivity contribution in [2.24, 2.45) is 17.6 Å². The van der Waals surface area contributed by atoms with Crippen LogP contribution < -0.4 is 5.73 Å². The van der Waals surface area contributed by atoms with Crippen LogP contribution in [0.25, 0.3) is 10.8 Å². The first-order valence-electron chi connectivity index (χ1n) is 8.22. The van der Waals surface area contributed by atoms with E-state index in [1.165, 1.54) is 17.2 Å². The fourth-order valence-corrected chi connectivity index (χ4v) is 4.15. The summed E-state index contributed by atoms with van der Waals surface area (Å²) in [6.07, 6.45) is 2.81. The molecule has 0 bridgehead atoms. The van der Waals surface area contributed by atoms with Gasteiger partial charge in [0.2, 0.25) is 5.91 Å². The van der Waals surface area contributed by atoms with Crippen molar-refractivity contribution in [3.8, 4) is 0 Å². The predicted octanol–water partition coefficient (Wildman–Crippen LogP) is 2.58. The Morgan fingerprint density at radius 1 is 1.09 bits per heavy atom. The van der Waals surface area contributed by atoms with Gasteiger partial charge in [-0.05, 0) is 41.0 Å². The first-order chi connectivity index (χ1) is 10.7. The molecule has 4 rings (SSSR count). The van der Waals surface area contributed by atoms with Crippen molar-refractivity contribution < 1.29 is 4.79 Å². The van der Waals surface area contributed by atoms with Crippen molar-refractivity contribution in [3.63, 3.8) is 0 Å². The number of hydrogen-bond donors (Lipinski definition) is 1. The molecule has 0 radical (unpaired) electrons.